The van der Waals surface area contributed by atoms with Crippen LogP contribution in [0.15, 0.2) is 48.5 Å². The Balaban J connectivity index is 1.40. The van der Waals surface area contributed by atoms with Crippen LogP contribution in [0.25, 0.3) is 0 Å². The first-order valence-electron chi connectivity index (χ1n) is 10.8. The van der Waals surface area contributed by atoms with Crippen molar-refractivity contribution in [2.45, 2.75) is 51.6 Å². The molecule has 0 amide bonds. The van der Waals surface area contributed by atoms with Gasteiger partial charge in [-0.15, -0.1) is 0 Å². The van der Waals surface area contributed by atoms with E-state index in [9.17, 15) is 0 Å². The number of likely N-dealkylation sites (tertiary alicyclic amines) is 2. The third-order valence-corrected chi connectivity index (χ3v) is 13.3. The van der Waals surface area contributed by atoms with Crippen molar-refractivity contribution >= 4 is 35.2 Å². The van der Waals surface area contributed by atoms with E-state index in [-0.39, 0.29) is 0 Å². The molecule has 0 saturated carbocycles. The summed E-state index contributed by atoms with van der Waals surface area (Å²) in [6.45, 7) is 7.44. The third kappa shape index (κ3) is 5.95. The maximum absolute atomic E-state index is 2.66. The summed E-state index contributed by atoms with van der Waals surface area (Å²) in [6, 6.07) is 18.5. The number of nitrogens with zero attached hydrogens (tertiary/aromatic N) is 2. The molecule has 0 unspecified atom stereocenters. The topological polar surface area (TPSA) is 6.48 Å². The van der Waals surface area contributed by atoms with E-state index in [4.69, 9.17) is 0 Å². The second-order valence-electron chi connectivity index (χ2n) is 8.06. The van der Waals surface area contributed by atoms with Crippen LogP contribution in [0, 0.1) is 0 Å². The fraction of sp³-hybridized carbons (Fsp3) is 0.500. The molecule has 2 aliphatic heterocycles. The first-order chi connectivity index (χ1) is 13.9. The van der Waals surface area contributed by atoms with Gasteiger partial charge in [0.1, 0.15) is 0 Å². The summed E-state index contributed by atoms with van der Waals surface area (Å²) in [5.74, 6) is 0. The van der Waals surface area contributed by atoms with E-state index in [2.05, 4.69) is 58.3 Å². The molecule has 2 aromatic carbocycles. The van der Waals surface area contributed by atoms with Crippen molar-refractivity contribution in [2.75, 3.05) is 26.2 Å². The molecule has 2 fully saturated rings. The van der Waals surface area contributed by atoms with E-state index in [1.54, 1.807) is 20.1 Å². The van der Waals surface area contributed by atoms with Crippen LogP contribution in [0.4, 0.5) is 0 Å². The van der Waals surface area contributed by atoms with Gasteiger partial charge in [-0.3, -0.25) is 0 Å². The standard InChI is InChI=1S/C24H32N2Se2/c1-7-15-25(16-8-1)19-21-11-3-5-13-23(21)27-28-24-14-6-4-12-22(24)20-26-17-9-2-10-18-26/h3-6,11-14H,1-2,7-10,15-20H2. The first kappa shape index (κ1) is 20.7. The summed E-state index contributed by atoms with van der Waals surface area (Å²) < 4.78 is 3.27. The Kier molecular flexibility index (Phi) is 8.10. The zero-order valence-electron chi connectivity index (χ0n) is 16.8. The molecule has 2 aromatic rings. The molecule has 28 heavy (non-hydrogen) atoms. The van der Waals surface area contributed by atoms with E-state index < -0.39 is 0 Å². The van der Waals surface area contributed by atoms with Gasteiger partial charge in [0.25, 0.3) is 0 Å². The second kappa shape index (κ2) is 11.0. The first-order valence-corrected chi connectivity index (χ1v) is 16.9. The number of rotatable bonds is 7. The van der Waals surface area contributed by atoms with Gasteiger partial charge in [-0.1, -0.05) is 0 Å². The van der Waals surface area contributed by atoms with Crippen LogP contribution in [-0.4, -0.2) is 62.2 Å². The quantitative estimate of drug-likeness (QED) is 0.533. The predicted octanol–water partition coefficient (Wildman–Crippen LogP) is 2.93. The van der Waals surface area contributed by atoms with Gasteiger partial charge in [-0.05, 0) is 0 Å². The maximum atomic E-state index is 2.66. The Hall–Kier alpha value is -0.601. The zero-order valence-corrected chi connectivity index (χ0v) is 20.2. The molecule has 2 saturated heterocycles. The molecule has 0 aliphatic carbocycles. The molecule has 150 valence electrons. The molecule has 4 heteroatoms. The van der Waals surface area contributed by atoms with Crippen LogP contribution in [0.5, 0.6) is 0 Å². The molecule has 0 radical (unpaired) electrons. The van der Waals surface area contributed by atoms with E-state index >= 15 is 0 Å². The van der Waals surface area contributed by atoms with Crippen LogP contribution < -0.4 is 8.92 Å². The summed E-state index contributed by atoms with van der Waals surface area (Å²) in [5, 5.41) is 0. The van der Waals surface area contributed by atoms with Gasteiger partial charge in [0, 0.05) is 0 Å². The molecule has 0 bridgehead atoms. The Morgan fingerprint density at radius 2 is 0.929 bits per heavy atom. The average Bonchev–Trinajstić information content (AvgIpc) is 2.76. The Labute approximate surface area is 181 Å². The number of hydrogen-bond donors (Lipinski definition) is 0. The summed E-state index contributed by atoms with van der Waals surface area (Å²) in [5.41, 5.74) is 3.17. The van der Waals surface area contributed by atoms with Crippen LogP contribution >= 0.6 is 0 Å². The monoisotopic (exact) mass is 508 g/mol. The minimum absolute atomic E-state index is 0.567. The van der Waals surface area contributed by atoms with Crippen molar-refractivity contribution in [3.05, 3.63) is 59.7 Å². The average molecular weight is 506 g/mol. The zero-order chi connectivity index (χ0) is 19.0. The molecular weight excluding hydrogens is 474 g/mol. The summed E-state index contributed by atoms with van der Waals surface area (Å²) in [4.78, 5) is 5.32. The van der Waals surface area contributed by atoms with Gasteiger partial charge < -0.3 is 0 Å². The molecule has 0 spiro atoms. The van der Waals surface area contributed by atoms with Gasteiger partial charge in [-0.2, -0.15) is 0 Å². The van der Waals surface area contributed by atoms with Gasteiger partial charge in [0.2, 0.25) is 0 Å². The molecular formula is C24H32N2Se2. The van der Waals surface area contributed by atoms with Crippen molar-refractivity contribution in [3.63, 3.8) is 0 Å². The molecule has 0 aromatic heterocycles. The minimum atomic E-state index is 0.567. The Morgan fingerprint density at radius 3 is 1.36 bits per heavy atom. The summed E-state index contributed by atoms with van der Waals surface area (Å²) >= 11 is 1.13. The Morgan fingerprint density at radius 1 is 0.536 bits per heavy atom. The molecule has 4 rings (SSSR count). The van der Waals surface area contributed by atoms with Crippen LogP contribution in [0.3, 0.4) is 0 Å². The van der Waals surface area contributed by atoms with Crippen LogP contribution in [-0.2, 0) is 13.1 Å². The van der Waals surface area contributed by atoms with E-state index in [1.165, 1.54) is 64.7 Å². The van der Waals surface area contributed by atoms with Crippen LogP contribution in [0.1, 0.15) is 49.7 Å². The Bertz CT molecular complexity index is 673. The van der Waals surface area contributed by atoms with Crippen molar-refractivity contribution in [3.8, 4) is 0 Å². The molecule has 2 heterocycles. The van der Waals surface area contributed by atoms with Gasteiger partial charge in [0.15, 0.2) is 0 Å². The molecule has 0 N–H and O–H groups in total. The van der Waals surface area contributed by atoms with Crippen molar-refractivity contribution in [1.82, 2.24) is 9.80 Å². The molecule has 0 atom stereocenters. The number of benzene rings is 2. The number of hydrogen-bond acceptors (Lipinski definition) is 2. The van der Waals surface area contributed by atoms with Crippen molar-refractivity contribution in [1.29, 1.82) is 0 Å². The summed E-state index contributed by atoms with van der Waals surface area (Å²) in [7, 11) is 0. The summed E-state index contributed by atoms with van der Waals surface area (Å²) in [6.07, 6.45) is 8.34. The fourth-order valence-corrected chi connectivity index (χ4v) is 11.7. The molecule has 2 aliphatic rings. The normalized spacial score (nSPS) is 19.0. The van der Waals surface area contributed by atoms with Gasteiger partial charge in [0.05, 0.1) is 0 Å². The number of piperidine rings is 2. The molecule has 2 nitrogen and oxygen atoms in total. The van der Waals surface area contributed by atoms with Gasteiger partial charge >= 0.3 is 182 Å². The van der Waals surface area contributed by atoms with E-state index in [1.807, 2.05) is 0 Å². The van der Waals surface area contributed by atoms with Crippen molar-refractivity contribution in [2.24, 2.45) is 0 Å². The van der Waals surface area contributed by atoms with Gasteiger partial charge in [-0.25, -0.2) is 0 Å². The van der Waals surface area contributed by atoms with Crippen molar-refractivity contribution < 1.29 is 0 Å². The second-order valence-corrected chi connectivity index (χ2v) is 14.2. The fourth-order valence-electron chi connectivity index (χ4n) is 4.24. The van der Waals surface area contributed by atoms with E-state index in [0.717, 1.165) is 13.1 Å². The predicted molar refractivity (Wildman–Crippen MR) is 122 cm³/mol. The SMILES string of the molecule is c1ccc([Se][Se]c2ccccc2CN2CCCCC2)c(CN2CCCCC2)c1. The van der Waals surface area contributed by atoms with E-state index in [0.29, 0.717) is 26.3 Å². The van der Waals surface area contributed by atoms with Crippen LogP contribution in [0.2, 0.25) is 0 Å². The third-order valence-electron chi connectivity index (χ3n) is 5.85.